The molecule has 0 unspecified atom stereocenters. The molecule has 23 heavy (non-hydrogen) atoms. The number of amides is 2. The smallest absolute Gasteiger partial charge is 0.276 e. The van der Waals surface area contributed by atoms with Crippen molar-refractivity contribution in [3.8, 4) is 0 Å². The zero-order valence-corrected chi connectivity index (χ0v) is 14.3. The number of hydrogen-bond acceptors (Lipinski definition) is 2. The minimum Gasteiger partial charge on any atom is -0.322 e. The van der Waals surface area contributed by atoms with Gasteiger partial charge < -0.3 is 10.6 Å². The number of nitrogens with one attached hydrogen (secondary N) is 2. The lowest BCUT2D eigenvalue weighted by atomic mass is 10.1. The summed E-state index contributed by atoms with van der Waals surface area (Å²) in [5.74, 6) is -1.21. The molecule has 0 fully saturated rings. The fourth-order valence-corrected chi connectivity index (χ4v) is 2.05. The highest BCUT2D eigenvalue weighted by Gasteiger charge is 2.31. The van der Waals surface area contributed by atoms with Crippen molar-refractivity contribution >= 4 is 58.0 Å². The van der Waals surface area contributed by atoms with Crippen LogP contribution < -0.4 is 10.6 Å². The highest BCUT2D eigenvalue weighted by atomic mass is 35.6. The molecule has 0 radical (unpaired) electrons. The van der Waals surface area contributed by atoms with E-state index < -0.39 is 9.70 Å². The average Bonchev–Trinajstić information content (AvgIpc) is 2.46. The van der Waals surface area contributed by atoms with Gasteiger partial charge in [0.15, 0.2) is 0 Å². The van der Waals surface area contributed by atoms with Crippen LogP contribution in [0.3, 0.4) is 0 Å². The number of benzene rings is 2. The summed E-state index contributed by atoms with van der Waals surface area (Å²) in [5.41, 5.74) is 2.18. The third kappa shape index (κ3) is 4.86. The molecule has 0 atom stereocenters. The highest BCUT2D eigenvalue weighted by molar-refractivity contribution is 6.76. The van der Waals surface area contributed by atoms with E-state index in [4.69, 9.17) is 34.8 Å². The molecule has 0 bridgehead atoms. The van der Waals surface area contributed by atoms with E-state index in [1.54, 1.807) is 30.3 Å². The number of halogens is 3. The van der Waals surface area contributed by atoms with Gasteiger partial charge in [-0.2, -0.15) is 0 Å². The van der Waals surface area contributed by atoms with E-state index in [1.807, 2.05) is 25.1 Å². The van der Waals surface area contributed by atoms with Crippen molar-refractivity contribution in [2.75, 3.05) is 10.6 Å². The maximum atomic E-state index is 12.4. The van der Waals surface area contributed by atoms with Gasteiger partial charge in [0.25, 0.3) is 15.6 Å². The Morgan fingerprint density at radius 3 is 2.30 bits per heavy atom. The minimum absolute atomic E-state index is 0.258. The second kappa shape index (κ2) is 7.21. The van der Waals surface area contributed by atoms with Crippen LogP contribution in [0.5, 0.6) is 0 Å². The fourth-order valence-electron chi connectivity index (χ4n) is 1.90. The average molecular weight is 372 g/mol. The van der Waals surface area contributed by atoms with Crippen LogP contribution in [0.25, 0.3) is 0 Å². The predicted molar refractivity (Wildman–Crippen MR) is 94.5 cm³/mol. The first-order chi connectivity index (χ1) is 10.8. The Hall–Kier alpha value is -1.75. The summed E-state index contributed by atoms with van der Waals surface area (Å²) >= 11 is 16.6. The van der Waals surface area contributed by atoms with Crippen LogP contribution in [0.1, 0.15) is 15.9 Å². The quantitative estimate of drug-likeness (QED) is 0.777. The van der Waals surface area contributed by atoms with Crippen molar-refractivity contribution in [2.24, 2.45) is 0 Å². The molecule has 0 aliphatic rings. The lowest BCUT2D eigenvalue weighted by Crippen LogP contribution is -2.28. The zero-order valence-electron chi connectivity index (χ0n) is 12.1. The minimum atomic E-state index is -2.11. The lowest BCUT2D eigenvalue weighted by molar-refractivity contribution is -0.115. The lowest BCUT2D eigenvalue weighted by Gasteiger charge is -2.14. The Morgan fingerprint density at radius 1 is 0.957 bits per heavy atom. The molecule has 0 saturated carbocycles. The van der Waals surface area contributed by atoms with Gasteiger partial charge in [0.2, 0.25) is 0 Å². The van der Waals surface area contributed by atoms with Crippen LogP contribution in [0, 0.1) is 6.92 Å². The molecule has 2 aromatic carbocycles. The fraction of sp³-hybridized carbons (Fsp3) is 0.125. The van der Waals surface area contributed by atoms with E-state index in [0.717, 1.165) is 5.56 Å². The summed E-state index contributed by atoms with van der Waals surface area (Å²) in [5, 5.41) is 5.20. The molecule has 120 valence electrons. The van der Waals surface area contributed by atoms with Crippen molar-refractivity contribution in [1.82, 2.24) is 0 Å². The SMILES string of the molecule is Cc1cccc(NC(=O)c2ccccc2NC(=O)C(Cl)(Cl)Cl)c1. The van der Waals surface area contributed by atoms with E-state index in [-0.39, 0.29) is 17.2 Å². The molecule has 2 amide bonds. The molecule has 0 aliphatic heterocycles. The van der Waals surface area contributed by atoms with Gasteiger partial charge in [-0.25, -0.2) is 0 Å². The van der Waals surface area contributed by atoms with Crippen LogP contribution >= 0.6 is 34.8 Å². The Labute approximate surface area is 148 Å². The maximum absolute atomic E-state index is 12.4. The first-order valence-electron chi connectivity index (χ1n) is 6.62. The third-order valence-electron chi connectivity index (χ3n) is 2.95. The van der Waals surface area contributed by atoms with Crippen LogP contribution in [0.4, 0.5) is 11.4 Å². The van der Waals surface area contributed by atoms with E-state index >= 15 is 0 Å². The van der Waals surface area contributed by atoms with Gasteiger partial charge in [0.1, 0.15) is 0 Å². The van der Waals surface area contributed by atoms with Gasteiger partial charge in [-0.3, -0.25) is 9.59 Å². The van der Waals surface area contributed by atoms with Crippen molar-refractivity contribution in [2.45, 2.75) is 10.7 Å². The Bertz CT molecular complexity index is 742. The molecule has 0 aromatic heterocycles. The standard InChI is InChI=1S/C16H13Cl3N2O2/c1-10-5-4-6-11(9-10)20-14(22)12-7-2-3-8-13(12)21-15(23)16(17,18)19/h2-9H,1H3,(H,20,22)(H,21,23). The van der Waals surface area contributed by atoms with Crippen LogP contribution in [-0.4, -0.2) is 15.6 Å². The van der Waals surface area contributed by atoms with Gasteiger partial charge in [-0.15, -0.1) is 0 Å². The van der Waals surface area contributed by atoms with E-state index in [2.05, 4.69) is 10.6 Å². The first kappa shape index (κ1) is 17.6. The molecular weight excluding hydrogens is 359 g/mol. The van der Waals surface area contributed by atoms with Crippen molar-refractivity contribution in [3.63, 3.8) is 0 Å². The first-order valence-corrected chi connectivity index (χ1v) is 7.76. The normalized spacial score (nSPS) is 11.0. The molecule has 0 spiro atoms. The van der Waals surface area contributed by atoms with E-state index in [9.17, 15) is 9.59 Å². The largest absolute Gasteiger partial charge is 0.322 e. The highest BCUT2D eigenvalue weighted by Crippen LogP contribution is 2.28. The number of rotatable bonds is 3. The monoisotopic (exact) mass is 370 g/mol. The van der Waals surface area contributed by atoms with Crippen molar-refractivity contribution in [3.05, 3.63) is 59.7 Å². The molecule has 0 saturated heterocycles. The number of aryl methyl sites for hydroxylation is 1. The number of alkyl halides is 3. The molecule has 2 rings (SSSR count). The number of hydrogen-bond donors (Lipinski definition) is 2. The second-order valence-corrected chi connectivity index (χ2v) is 7.10. The zero-order chi connectivity index (χ0) is 17.0. The van der Waals surface area contributed by atoms with E-state index in [1.165, 1.54) is 0 Å². The van der Waals surface area contributed by atoms with Gasteiger partial charge in [0.05, 0.1) is 11.3 Å². The number of carbonyl (C=O) groups is 2. The molecule has 0 heterocycles. The van der Waals surface area contributed by atoms with Crippen molar-refractivity contribution in [1.29, 1.82) is 0 Å². The summed E-state index contributed by atoms with van der Waals surface area (Å²) in [6, 6.07) is 13.8. The molecule has 7 heteroatoms. The molecular formula is C16H13Cl3N2O2. The molecule has 0 aliphatic carbocycles. The number of para-hydroxylation sites is 1. The van der Waals surface area contributed by atoms with E-state index in [0.29, 0.717) is 5.69 Å². The van der Waals surface area contributed by atoms with Gasteiger partial charge in [-0.05, 0) is 36.8 Å². The Kier molecular flexibility index (Phi) is 5.52. The molecule has 2 N–H and O–H groups in total. The van der Waals surface area contributed by atoms with Crippen LogP contribution in [0.2, 0.25) is 0 Å². The summed E-state index contributed by atoms with van der Waals surface area (Å²) in [4.78, 5) is 24.2. The number of carbonyl (C=O) groups excluding carboxylic acids is 2. The van der Waals surface area contributed by atoms with Crippen molar-refractivity contribution < 1.29 is 9.59 Å². The summed E-state index contributed by atoms with van der Waals surface area (Å²) in [6.45, 7) is 1.92. The van der Waals surface area contributed by atoms with Crippen LogP contribution in [-0.2, 0) is 4.79 Å². The molecule has 2 aromatic rings. The summed E-state index contributed by atoms with van der Waals surface area (Å²) < 4.78 is -2.11. The maximum Gasteiger partial charge on any atom is 0.276 e. The summed E-state index contributed by atoms with van der Waals surface area (Å²) in [7, 11) is 0. The number of anilines is 2. The molecule has 4 nitrogen and oxygen atoms in total. The summed E-state index contributed by atoms with van der Waals surface area (Å²) in [6.07, 6.45) is 0. The van der Waals surface area contributed by atoms with Gasteiger partial charge in [-0.1, -0.05) is 59.1 Å². The third-order valence-corrected chi connectivity index (χ3v) is 3.47. The van der Waals surface area contributed by atoms with Gasteiger partial charge >= 0.3 is 0 Å². The topological polar surface area (TPSA) is 58.2 Å². The Balaban J connectivity index is 2.22. The second-order valence-electron chi connectivity index (χ2n) is 4.82. The Morgan fingerprint density at radius 2 is 1.65 bits per heavy atom. The van der Waals surface area contributed by atoms with Crippen LogP contribution in [0.15, 0.2) is 48.5 Å². The predicted octanol–water partition coefficient (Wildman–Crippen LogP) is 4.56. The van der Waals surface area contributed by atoms with Gasteiger partial charge in [0, 0.05) is 5.69 Å².